The first-order chi connectivity index (χ1) is 4.33. The number of hydrogen-bond donors (Lipinski definition) is 0. The Morgan fingerprint density at radius 3 is 2.22 bits per heavy atom. The van der Waals surface area contributed by atoms with Gasteiger partial charge in [-0.2, -0.15) is 0 Å². The molecule has 1 aromatic rings. The van der Waals surface area contributed by atoms with Crippen molar-refractivity contribution in [1.29, 1.82) is 0 Å². The standard InChI is InChI=1S/C7H5O.Sb.2H/c8-6-7-4-2-1-3-5-7;;;/h2-6H;;;. The van der Waals surface area contributed by atoms with Gasteiger partial charge in [-0.15, -0.1) is 0 Å². The molecule has 0 atom stereocenters. The van der Waals surface area contributed by atoms with Gasteiger partial charge >= 0.3 is 67.4 Å². The molecule has 0 fully saturated rings. The van der Waals surface area contributed by atoms with Crippen LogP contribution in [-0.2, 0) is 0 Å². The third-order valence-electron chi connectivity index (χ3n) is 1.07. The van der Waals surface area contributed by atoms with E-state index < -0.39 is 0 Å². The van der Waals surface area contributed by atoms with Gasteiger partial charge in [0.15, 0.2) is 0 Å². The summed E-state index contributed by atoms with van der Waals surface area (Å²) in [5.41, 5.74) is 0.757. The number of hydrogen-bond acceptors (Lipinski definition) is 1. The number of carbonyl (C=O) groups is 1. The van der Waals surface area contributed by atoms with Crippen molar-refractivity contribution in [3.05, 3.63) is 29.8 Å². The molecule has 0 N–H and O–H groups in total. The van der Waals surface area contributed by atoms with Crippen molar-refractivity contribution >= 4 is 32.8 Å². The molecular formula is C7H7OSb. The van der Waals surface area contributed by atoms with E-state index in [1.54, 1.807) is 0 Å². The van der Waals surface area contributed by atoms with Crippen LogP contribution in [0, 0.1) is 0 Å². The molecule has 0 spiro atoms. The van der Waals surface area contributed by atoms with Crippen molar-refractivity contribution in [2.75, 3.05) is 0 Å². The van der Waals surface area contributed by atoms with Crippen LogP contribution >= 0.6 is 0 Å². The molecule has 0 radical (unpaired) electrons. The van der Waals surface area contributed by atoms with Crippen LogP contribution in [0.5, 0.6) is 0 Å². The average molecular weight is 229 g/mol. The van der Waals surface area contributed by atoms with Crippen LogP contribution in [0.25, 0.3) is 0 Å². The molecule has 1 nitrogen and oxygen atoms in total. The molecule has 0 bridgehead atoms. The van der Waals surface area contributed by atoms with Crippen LogP contribution in [0.2, 0.25) is 0 Å². The Kier molecular flexibility index (Phi) is 2.29. The van der Waals surface area contributed by atoms with E-state index in [9.17, 15) is 4.79 Å². The first-order valence-corrected chi connectivity index (χ1v) is 4.28. The van der Waals surface area contributed by atoms with Gasteiger partial charge in [0.25, 0.3) is 0 Å². The molecule has 0 aliphatic rings. The van der Waals surface area contributed by atoms with Gasteiger partial charge in [-0.1, -0.05) is 0 Å². The molecule has 9 heavy (non-hydrogen) atoms. The van der Waals surface area contributed by atoms with E-state index in [0.717, 1.165) is 34.9 Å². The Morgan fingerprint density at radius 2 is 1.78 bits per heavy atom. The van der Waals surface area contributed by atoms with Crippen molar-refractivity contribution in [3.63, 3.8) is 0 Å². The van der Waals surface area contributed by atoms with Gasteiger partial charge in [-0.25, -0.2) is 0 Å². The minimum absolute atomic E-state index is 0.757. The van der Waals surface area contributed by atoms with Crippen LogP contribution in [0.15, 0.2) is 24.3 Å². The zero-order chi connectivity index (χ0) is 6.69. The summed E-state index contributed by atoms with van der Waals surface area (Å²) in [6.45, 7) is 0. The number of benzene rings is 1. The Balaban J connectivity index is 3.01. The third kappa shape index (κ3) is 1.83. The molecular weight excluding hydrogens is 222 g/mol. The van der Waals surface area contributed by atoms with Gasteiger partial charge < -0.3 is 0 Å². The van der Waals surface area contributed by atoms with Crippen molar-refractivity contribution in [2.45, 2.75) is 0 Å². The van der Waals surface area contributed by atoms with Crippen LogP contribution in [0.4, 0.5) is 0 Å². The molecule has 46 valence electrons. The maximum absolute atomic E-state index is 10.1. The van der Waals surface area contributed by atoms with Crippen LogP contribution in [0.3, 0.4) is 0 Å². The molecule has 0 unspecified atom stereocenters. The fourth-order valence-corrected chi connectivity index (χ4v) is 1.12. The number of rotatable bonds is 1. The van der Waals surface area contributed by atoms with E-state index in [1.807, 2.05) is 24.3 Å². The van der Waals surface area contributed by atoms with Gasteiger partial charge in [0.05, 0.1) is 0 Å². The molecule has 1 rings (SSSR count). The summed E-state index contributed by atoms with van der Waals surface area (Å²) in [5, 5.41) is 0. The second kappa shape index (κ2) is 3.03. The second-order valence-electron chi connectivity index (χ2n) is 1.78. The van der Waals surface area contributed by atoms with Crippen LogP contribution in [0.1, 0.15) is 10.4 Å². The topological polar surface area (TPSA) is 17.1 Å². The molecule has 0 amide bonds. The fourth-order valence-electron chi connectivity index (χ4n) is 0.575. The predicted molar refractivity (Wildman–Crippen MR) is 40.0 cm³/mol. The zero-order valence-electron chi connectivity index (χ0n) is 4.87. The summed E-state index contributed by atoms with van der Waals surface area (Å²) >= 11 is 1.12. The van der Waals surface area contributed by atoms with E-state index in [4.69, 9.17) is 0 Å². The first kappa shape index (κ1) is 6.82. The minimum atomic E-state index is 0.757. The normalized spacial score (nSPS) is 9.00. The Morgan fingerprint density at radius 1 is 1.22 bits per heavy atom. The third-order valence-corrected chi connectivity index (χ3v) is 2.17. The molecule has 0 saturated heterocycles. The van der Waals surface area contributed by atoms with Gasteiger partial charge in [0.1, 0.15) is 0 Å². The molecule has 0 heterocycles. The van der Waals surface area contributed by atoms with Gasteiger partial charge in [-0.3, -0.25) is 0 Å². The van der Waals surface area contributed by atoms with Crippen LogP contribution in [-0.4, -0.2) is 29.3 Å². The summed E-state index contributed by atoms with van der Waals surface area (Å²) < 4.78 is 1.31. The van der Waals surface area contributed by atoms with Crippen molar-refractivity contribution in [3.8, 4) is 0 Å². The summed E-state index contributed by atoms with van der Waals surface area (Å²) in [6, 6.07) is 7.64. The average Bonchev–Trinajstić information content (AvgIpc) is 1.90. The maximum atomic E-state index is 10.1. The van der Waals surface area contributed by atoms with E-state index in [2.05, 4.69) is 0 Å². The second-order valence-corrected chi connectivity index (χ2v) is 3.69. The molecule has 0 saturated carbocycles. The SMILES string of the molecule is O=Cc1cc[c]([SbH2])cc1. The van der Waals surface area contributed by atoms with E-state index in [0.29, 0.717) is 0 Å². The van der Waals surface area contributed by atoms with Crippen molar-refractivity contribution in [1.82, 2.24) is 0 Å². The fraction of sp³-hybridized carbons (Fsp3) is 0. The molecule has 2 heteroatoms. The summed E-state index contributed by atoms with van der Waals surface area (Å²) in [6.07, 6.45) is 0.861. The van der Waals surface area contributed by atoms with E-state index in [-0.39, 0.29) is 0 Å². The van der Waals surface area contributed by atoms with E-state index in [1.165, 1.54) is 3.51 Å². The number of aldehydes is 1. The van der Waals surface area contributed by atoms with Gasteiger partial charge in [0.2, 0.25) is 0 Å². The summed E-state index contributed by atoms with van der Waals surface area (Å²) in [5.74, 6) is 0. The van der Waals surface area contributed by atoms with Crippen molar-refractivity contribution in [2.24, 2.45) is 0 Å². The summed E-state index contributed by atoms with van der Waals surface area (Å²) in [4.78, 5) is 10.1. The zero-order valence-corrected chi connectivity index (χ0v) is 8.17. The Hall–Kier alpha value is -0.292. The Labute approximate surface area is 67.6 Å². The van der Waals surface area contributed by atoms with Gasteiger partial charge in [-0.05, 0) is 0 Å². The Bertz CT molecular complexity index is 203. The molecule has 0 aliphatic carbocycles. The first-order valence-electron chi connectivity index (χ1n) is 2.63. The van der Waals surface area contributed by atoms with E-state index >= 15 is 0 Å². The molecule has 1 aromatic carbocycles. The molecule has 0 aromatic heterocycles. The van der Waals surface area contributed by atoms with Gasteiger partial charge in [0, 0.05) is 0 Å². The van der Waals surface area contributed by atoms with Crippen LogP contribution < -0.4 is 3.51 Å². The number of carbonyl (C=O) groups excluding carboxylic acids is 1. The van der Waals surface area contributed by atoms with Crippen molar-refractivity contribution < 1.29 is 4.79 Å². The monoisotopic (exact) mass is 228 g/mol. The summed E-state index contributed by atoms with van der Waals surface area (Å²) in [7, 11) is 0. The predicted octanol–water partition coefficient (Wildman–Crippen LogP) is -0.243. The molecule has 0 aliphatic heterocycles. The quantitative estimate of drug-likeness (QED) is 0.479.